The summed E-state index contributed by atoms with van der Waals surface area (Å²) in [6.07, 6.45) is 0. The Morgan fingerprint density at radius 2 is 2.60 bits per heavy atom. The fraction of sp³-hybridized carbons (Fsp3) is 0.200. The van der Waals surface area contributed by atoms with Gasteiger partial charge in [-0.3, -0.25) is 4.79 Å². The monoisotopic (exact) mass is 157 g/mol. The topological polar surface area (TPSA) is 68.0 Å². The van der Waals surface area contributed by atoms with Crippen molar-refractivity contribution in [3.8, 4) is 0 Å². The lowest BCUT2D eigenvalue weighted by Gasteiger charge is -1.89. The van der Waals surface area contributed by atoms with Crippen LogP contribution in [0.15, 0.2) is 5.38 Å². The second-order valence-electron chi connectivity index (χ2n) is 1.66. The number of amides is 1. The van der Waals surface area contributed by atoms with E-state index in [9.17, 15) is 4.79 Å². The summed E-state index contributed by atoms with van der Waals surface area (Å²) < 4.78 is 0. The van der Waals surface area contributed by atoms with Crippen molar-refractivity contribution in [1.29, 1.82) is 0 Å². The molecule has 5 heteroatoms. The van der Waals surface area contributed by atoms with Crippen LogP contribution in [-0.4, -0.2) is 17.9 Å². The van der Waals surface area contributed by atoms with Crippen molar-refractivity contribution in [2.75, 3.05) is 12.8 Å². The zero-order valence-electron chi connectivity index (χ0n) is 5.42. The first-order chi connectivity index (χ1) is 4.74. The first-order valence-corrected chi connectivity index (χ1v) is 3.55. The van der Waals surface area contributed by atoms with Crippen LogP contribution in [0.3, 0.4) is 0 Å². The van der Waals surface area contributed by atoms with Gasteiger partial charge in [0.1, 0.15) is 5.82 Å². The number of nitrogens with zero attached hydrogens (tertiary/aromatic N) is 1. The lowest BCUT2D eigenvalue weighted by Crippen LogP contribution is -2.17. The van der Waals surface area contributed by atoms with Gasteiger partial charge in [0.25, 0.3) is 5.91 Å². The van der Waals surface area contributed by atoms with Crippen LogP contribution in [0.25, 0.3) is 0 Å². The highest BCUT2D eigenvalue weighted by molar-refractivity contribution is 7.12. The van der Waals surface area contributed by atoms with Gasteiger partial charge < -0.3 is 11.1 Å². The van der Waals surface area contributed by atoms with Crippen molar-refractivity contribution < 1.29 is 4.79 Å². The van der Waals surface area contributed by atoms with E-state index < -0.39 is 0 Å². The molecule has 10 heavy (non-hydrogen) atoms. The minimum Gasteiger partial charge on any atom is -0.383 e. The van der Waals surface area contributed by atoms with Gasteiger partial charge in [-0.05, 0) is 0 Å². The second-order valence-corrected chi connectivity index (χ2v) is 2.51. The SMILES string of the molecule is CNC(=O)c1nc(N)cs1. The van der Waals surface area contributed by atoms with Gasteiger partial charge in [-0.2, -0.15) is 0 Å². The minimum atomic E-state index is -0.193. The van der Waals surface area contributed by atoms with E-state index in [2.05, 4.69) is 10.3 Å². The van der Waals surface area contributed by atoms with Crippen LogP contribution in [0.2, 0.25) is 0 Å². The maximum absolute atomic E-state index is 10.8. The third-order valence-electron chi connectivity index (χ3n) is 0.943. The number of anilines is 1. The van der Waals surface area contributed by atoms with E-state index in [1.807, 2.05) is 0 Å². The van der Waals surface area contributed by atoms with Gasteiger partial charge in [0.05, 0.1) is 0 Å². The van der Waals surface area contributed by atoms with E-state index in [0.29, 0.717) is 10.8 Å². The number of carbonyl (C=O) groups excluding carboxylic acids is 1. The van der Waals surface area contributed by atoms with E-state index in [4.69, 9.17) is 5.73 Å². The van der Waals surface area contributed by atoms with Crippen molar-refractivity contribution >= 4 is 23.1 Å². The normalized spacial score (nSPS) is 9.30. The Balaban J connectivity index is 2.85. The fourth-order valence-corrected chi connectivity index (χ4v) is 1.15. The molecule has 4 nitrogen and oxygen atoms in total. The average molecular weight is 157 g/mol. The van der Waals surface area contributed by atoms with Crippen LogP contribution < -0.4 is 11.1 Å². The highest BCUT2D eigenvalue weighted by Gasteiger charge is 2.05. The van der Waals surface area contributed by atoms with E-state index in [1.54, 1.807) is 12.4 Å². The maximum Gasteiger partial charge on any atom is 0.280 e. The highest BCUT2D eigenvalue weighted by Crippen LogP contribution is 2.09. The number of carbonyl (C=O) groups is 1. The van der Waals surface area contributed by atoms with Gasteiger partial charge in [-0.25, -0.2) is 4.98 Å². The molecule has 0 fully saturated rings. The van der Waals surface area contributed by atoms with E-state index in [-0.39, 0.29) is 5.91 Å². The summed E-state index contributed by atoms with van der Waals surface area (Å²) >= 11 is 1.23. The van der Waals surface area contributed by atoms with Crippen molar-refractivity contribution in [3.05, 3.63) is 10.4 Å². The first-order valence-electron chi connectivity index (χ1n) is 2.67. The fourth-order valence-electron chi connectivity index (χ4n) is 0.497. The molecule has 0 aliphatic carbocycles. The van der Waals surface area contributed by atoms with Gasteiger partial charge in [0.15, 0.2) is 5.01 Å². The number of hydrogen-bond donors (Lipinski definition) is 2. The van der Waals surface area contributed by atoms with Crippen LogP contribution in [0, 0.1) is 0 Å². The average Bonchev–Trinajstić information content (AvgIpc) is 2.34. The molecule has 3 N–H and O–H groups in total. The lowest BCUT2D eigenvalue weighted by molar-refractivity contribution is 0.0963. The molecular formula is C5H7N3OS. The first kappa shape index (κ1) is 7.01. The summed E-state index contributed by atoms with van der Waals surface area (Å²) in [5, 5.41) is 4.48. The largest absolute Gasteiger partial charge is 0.383 e. The molecule has 0 saturated heterocycles. The number of aromatic nitrogens is 1. The second kappa shape index (κ2) is 2.66. The van der Waals surface area contributed by atoms with Crippen LogP contribution in [-0.2, 0) is 0 Å². The van der Waals surface area contributed by atoms with Crippen molar-refractivity contribution in [2.24, 2.45) is 0 Å². The molecule has 0 aliphatic heterocycles. The van der Waals surface area contributed by atoms with Gasteiger partial charge >= 0.3 is 0 Å². The molecule has 1 amide bonds. The maximum atomic E-state index is 10.8. The summed E-state index contributed by atoms with van der Waals surface area (Å²) in [4.78, 5) is 14.6. The Morgan fingerprint density at radius 1 is 1.90 bits per heavy atom. The molecule has 0 spiro atoms. The molecule has 54 valence electrons. The molecule has 0 atom stereocenters. The van der Waals surface area contributed by atoms with E-state index in [0.717, 1.165) is 0 Å². The number of nitrogen functional groups attached to an aromatic ring is 1. The molecule has 0 aliphatic rings. The Kier molecular flexibility index (Phi) is 1.86. The molecule has 1 aromatic heterocycles. The summed E-state index contributed by atoms with van der Waals surface area (Å²) in [6.45, 7) is 0. The quantitative estimate of drug-likeness (QED) is 0.606. The summed E-state index contributed by atoms with van der Waals surface area (Å²) in [7, 11) is 1.56. The Hall–Kier alpha value is -1.10. The van der Waals surface area contributed by atoms with Crippen LogP contribution in [0.5, 0.6) is 0 Å². The molecule has 1 aromatic rings. The molecule has 0 aromatic carbocycles. The molecule has 1 rings (SSSR count). The van der Waals surface area contributed by atoms with Gasteiger partial charge in [0.2, 0.25) is 0 Å². The Morgan fingerprint density at radius 3 is 3.00 bits per heavy atom. The third-order valence-corrected chi connectivity index (χ3v) is 1.80. The molecule has 1 heterocycles. The third kappa shape index (κ3) is 1.24. The van der Waals surface area contributed by atoms with Crippen LogP contribution in [0.4, 0.5) is 5.82 Å². The number of thiazole rings is 1. The predicted molar refractivity (Wildman–Crippen MR) is 39.9 cm³/mol. The Labute approximate surface area is 62.1 Å². The van der Waals surface area contributed by atoms with E-state index in [1.165, 1.54) is 11.3 Å². The molecule has 0 bridgehead atoms. The summed E-state index contributed by atoms with van der Waals surface area (Å²) in [5.74, 6) is 0.199. The van der Waals surface area contributed by atoms with Crippen LogP contribution >= 0.6 is 11.3 Å². The van der Waals surface area contributed by atoms with Crippen molar-refractivity contribution in [2.45, 2.75) is 0 Å². The number of nitrogens with one attached hydrogen (secondary N) is 1. The highest BCUT2D eigenvalue weighted by atomic mass is 32.1. The number of hydrogen-bond acceptors (Lipinski definition) is 4. The summed E-state index contributed by atoms with van der Waals surface area (Å²) in [6, 6.07) is 0. The smallest absolute Gasteiger partial charge is 0.280 e. The van der Waals surface area contributed by atoms with Gasteiger partial charge in [-0.1, -0.05) is 0 Å². The summed E-state index contributed by atoms with van der Waals surface area (Å²) in [5.41, 5.74) is 5.29. The van der Waals surface area contributed by atoms with Crippen molar-refractivity contribution in [3.63, 3.8) is 0 Å². The predicted octanol–water partition coefficient (Wildman–Crippen LogP) is 0.0849. The zero-order chi connectivity index (χ0) is 7.56. The molecule has 0 unspecified atom stereocenters. The molecular weight excluding hydrogens is 150 g/mol. The minimum absolute atomic E-state index is 0.193. The van der Waals surface area contributed by atoms with Crippen molar-refractivity contribution in [1.82, 2.24) is 10.3 Å². The zero-order valence-corrected chi connectivity index (χ0v) is 6.23. The lowest BCUT2D eigenvalue weighted by atomic mass is 10.6. The standard InChI is InChI=1S/C5H7N3OS/c1-7-4(9)5-8-3(6)2-10-5/h2H,6H2,1H3,(H,7,9). The van der Waals surface area contributed by atoms with E-state index >= 15 is 0 Å². The van der Waals surface area contributed by atoms with Gasteiger partial charge in [0, 0.05) is 12.4 Å². The molecule has 0 saturated carbocycles. The van der Waals surface area contributed by atoms with Crippen LogP contribution in [0.1, 0.15) is 9.80 Å². The van der Waals surface area contributed by atoms with Gasteiger partial charge in [-0.15, -0.1) is 11.3 Å². The number of rotatable bonds is 1. The number of nitrogens with two attached hydrogens (primary N) is 1. The molecule has 0 radical (unpaired) electrons. The Bertz CT molecular complexity index is 245.